The molecule has 17 heteroatoms. The fraction of sp³-hybridized carbons (Fsp3) is 0.0800. The molecule has 0 aliphatic carbocycles. The number of carbonyl (C=O) groups is 2. The molecule has 0 aliphatic rings. The second-order valence-corrected chi connectivity index (χ2v) is 10.5. The number of aromatic amines is 2. The van der Waals surface area contributed by atoms with Crippen molar-refractivity contribution in [2.75, 3.05) is 22.1 Å². The minimum Gasteiger partial charge on any atom is -0.333 e. The first-order valence-electron chi connectivity index (χ1n) is 11.9. The van der Waals surface area contributed by atoms with Gasteiger partial charge in [0.25, 0.3) is 11.4 Å². The van der Waals surface area contributed by atoms with Gasteiger partial charge in [0.05, 0.1) is 54.7 Å². The van der Waals surface area contributed by atoms with Crippen molar-refractivity contribution in [3.8, 4) is 6.07 Å². The highest BCUT2D eigenvalue weighted by molar-refractivity contribution is 8.00. The summed E-state index contributed by atoms with van der Waals surface area (Å²) >= 11 is 2.20. The predicted molar refractivity (Wildman–Crippen MR) is 155 cm³/mol. The number of non-ortho nitro benzene ring substituents is 2. The first-order valence-corrected chi connectivity index (χ1v) is 13.8. The molecule has 2 aromatic heterocycles. The van der Waals surface area contributed by atoms with E-state index in [9.17, 15) is 35.1 Å². The highest BCUT2D eigenvalue weighted by atomic mass is 32.2. The lowest BCUT2D eigenvalue weighted by Crippen LogP contribution is -2.16. The van der Waals surface area contributed by atoms with Crippen molar-refractivity contribution in [2.45, 2.75) is 10.3 Å². The number of anilines is 2. The fourth-order valence-corrected chi connectivity index (χ4v) is 5.16. The second-order valence-electron chi connectivity index (χ2n) is 8.55. The average Bonchev–Trinajstić information content (AvgIpc) is 3.58. The predicted octanol–water partition coefficient (Wildman–Crippen LogP) is 4.59. The average molecular weight is 604 g/mol. The number of imidazole rings is 2. The third-order valence-corrected chi connectivity index (χ3v) is 7.43. The zero-order chi connectivity index (χ0) is 29.8. The van der Waals surface area contributed by atoms with Gasteiger partial charge in [-0.25, -0.2) is 9.97 Å². The van der Waals surface area contributed by atoms with Crippen LogP contribution in [-0.4, -0.2) is 53.1 Å². The molecule has 0 aliphatic heterocycles. The molecule has 0 bridgehead atoms. The molecule has 0 spiro atoms. The van der Waals surface area contributed by atoms with Gasteiger partial charge in [0, 0.05) is 30.0 Å². The maximum Gasteiger partial charge on any atom is 0.271 e. The Balaban J connectivity index is 1.15. The lowest BCUT2D eigenvalue weighted by Gasteiger charge is -2.09. The minimum absolute atomic E-state index is 0.0192. The molecule has 0 unspecified atom stereocenters. The van der Waals surface area contributed by atoms with E-state index in [1.165, 1.54) is 48.5 Å². The number of nitrogens with zero attached hydrogens (tertiary/aromatic N) is 5. The molecule has 0 atom stereocenters. The van der Waals surface area contributed by atoms with Crippen LogP contribution in [0.3, 0.4) is 0 Å². The molecule has 0 fully saturated rings. The number of H-pyrrole nitrogens is 2. The van der Waals surface area contributed by atoms with E-state index in [-0.39, 0.29) is 40.0 Å². The van der Waals surface area contributed by atoms with E-state index in [1.807, 2.05) is 6.07 Å². The molecule has 0 saturated heterocycles. The number of hydrogen-bond donors (Lipinski definition) is 4. The van der Waals surface area contributed by atoms with E-state index in [1.54, 1.807) is 6.07 Å². The van der Waals surface area contributed by atoms with Crippen LogP contribution in [0.25, 0.3) is 22.1 Å². The van der Waals surface area contributed by atoms with Crippen LogP contribution in [0.4, 0.5) is 22.7 Å². The molecule has 5 rings (SSSR count). The highest BCUT2D eigenvalue weighted by Crippen LogP contribution is 2.26. The second kappa shape index (κ2) is 12.0. The topological polar surface area (TPSA) is 226 Å². The summed E-state index contributed by atoms with van der Waals surface area (Å²) in [7, 11) is 0. The van der Waals surface area contributed by atoms with Crippen LogP contribution in [0.5, 0.6) is 0 Å². The molecule has 0 saturated carbocycles. The van der Waals surface area contributed by atoms with Crippen LogP contribution in [0, 0.1) is 31.6 Å². The molecule has 42 heavy (non-hydrogen) atoms. The molecule has 0 radical (unpaired) electrons. The number of nitro groups is 2. The Morgan fingerprint density at radius 1 is 0.810 bits per heavy atom. The van der Waals surface area contributed by atoms with Gasteiger partial charge in [0.1, 0.15) is 6.07 Å². The number of rotatable bonds is 10. The number of carbonyl (C=O) groups excluding carboxylic acids is 2. The van der Waals surface area contributed by atoms with Crippen LogP contribution < -0.4 is 10.6 Å². The number of nitrogens with one attached hydrogen (secondary N) is 4. The molecule has 4 N–H and O–H groups in total. The molecule has 15 nitrogen and oxygen atoms in total. The van der Waals surface area contributed by atoms with Gasteiger partial charge in [-0.2, -0.15) is 5.26 Å². The number of amides is 2. The van der Waals surface area contributed by atoms with E-state index in [2.05, 4.69) is 30.6 Å². The number of hydrogen-bond acceptors (Lipinski definition) is 11. The van der Waals surface area contributed by atoms with Gasteiger partial charge in [0.15, 0.2) is 10.3 Å². The third kappa shape index (κ3) is 6.46. The number of nitro benzene ring substituents is 2. The van der Waals surface area contributed by atoms with Crippen molar-refractivity contribution < 1.29 is 19.4 Å². The minimum atomic E-state index is -0.510. The SMILES string of the molecule is N#Cc1cc(NC(=O)CSc2nc3ccc([N+](=O)[O-])cc3[nH]2)ccc1NC(=O)CSc1nc2ccc([N+](=O)[O-])cc2[nH]1. The van der Waals surface area contributed by atoms with Crippen LogP contribution in [-0.2, 0) is 9.59 Å². The summed E-state index contributed by atoms with van der Waals surface area (Å²) in [5, 5.41) is 37.6. The largest absolute Gasteiger partial charge is 0.333 e. The maximum absolute atomic E-state index is 12.5. The van der Waals surface area contributed by atoms with Crippen LogP contribution in [0.2, 0.25) is 0 Å². The monoisotopic (exact) mass is 603 g/mol. The van der Waals surface area contributed by atoms with Crippen molar-refractivity contribution in [2.24, 2.45) is 0 Å². The molecule has 2 heterocycles. The molecular formula is C25H17N9O6S2. The summed E-state index contributed by atoms with van der Waals surface area (Å²) in [6.07, 6.45) is 0. The molecular weight excluding hydrogens is 586 g/mol. The number of fused-ring (bicyclic) bond motifs is 2. The van der Waals surface area contributed by atoms with Crippen molar-refractivity contribution in [1.29, 1.82) is 5.26 Å². The summed E-state index contributed by atoms with van der Waals surface area (Å²) in [5.41, 5.74) is 2.58. The Kier molecular flexibility index (Phi) is 7.99. The van der Waals surface area contributed by atoms with Gasteiger partial charge in [-0.15, -0.1) is 0 Å². The van der Waals surface area contributed by atoms with Crippen LogP contribution >= 0.6 is 23.5 Å². The number of nitriles is 1. The fourth-order valence-electron chi connectivity index (χ4n) is 3.79. The lowest BCUT2D eigenvalue weighted by molar-refractivity contribution is -0.384. The Morgan fingerprint density at radius 3 is 1.83 bits per heavy atom. The van der Waals surface area contributed by atoms with Crippen LogP contribution in [0.15, 0.2) is 64.9 Å². The summed E-state index contributed by atoms with van der Waals surface area (Å²) in [6.45, 7) is 0. The molecule has 3 aromatic carbocycles. The van der Waals surface area contributed by atoms with Crippen LogP contribution in [0.1, 0.15) is 5.56 Å². The van der Waals surface area contributed by atoms with Gasteiger partial charge in [-0.3, -0.25) is 29.8 Å². The van der Waals surface area contributed by atoms with E-state index < -0.39 is 15.8 Å². The van der Waals surface area contributed by atoms with Crippen molar-refractivity contribution in [3.63, 3.8) is 0 Å². The first-order chi connectivity index (χ1) is 20.2. The van der Waals surface area contributed by atoms with Crippen molar-refractivity contribution in [3.05, 3.63) is 80.4 Å². The summed E-state index contributed by atoms with van der Waals surface area (Å²) in [5.74, 6) is -0.848. The summed E-state index contributed by atoms with van der Waals surface area (Å²) < 4.78 is 0. The Labute approximate surface area is 243 Å². The van der Waals surface area contributed by atoms with Gasteiger partial charge in [-0.05, 0) is 30.3 Å². The molecule has 2 amide bonds. The van der Waals surface area contributed by atoms with Gasteiger partial charge >= 0.3 is 0 Å². The van der Waals surface area contributed by atoms with E-state index in [0.29, 0.717) is 38.1 Å². The van der Waals surface area contributed by atoms with Gasteiger partial charge in [-0.1, -0.05) is 23.5 Å². The third-order valence-electron chi connectivity index (χ3n) is 5.69. The number of thioether (sulfide) groups is 2. The lowest BCUT2D eigenvalue weighted by atomic mass is 10.1. The number of aromatic nitrogens is 4. The zero-order valence-electron chi connectivity index (χ0n) is 21.1. The van der Waals surface area contributed by atoms with Crippen molar-refractivity contribution >= 4 is 80.2 Å². The van der Waals surface area contributed by atoms with Crippen molar-refractivity contribution in [1.82, 2.24) is 19.9 Å². The number of benzene rings is 3. The van der Waals surface area contributed by atoms with E-state index in [4.69, 9.17) is 0 Å². The zero-order valence-corrected chi connectivity index (χ0v) is 22.7. The molecule has 5 aromatic rings. The molecule has 210 valence electrons. The Bertz CT molecular complexity index is 1930. The quantitative estimate of drug-likeness (QED) is 0.0980. The van der Waals surface area contributed by atoms with Gasteiger partial charge in [0.2, 0.25) is 11.8 Å². The first kappa shape index (κ1) is 28.1. The van der Waals surface area contributed by atoms with Gasteiger partial charge < -0.3 is 20.6 Å². The standard InChI is InChI=1S/C25H17N9O6S2/c26-10-13-7-14(27-22(35)11-41-24-29-18-5-2-15(33(37)38)8-20(18)31-24)1-4-17(13)28-23(36)12-42-25-30-19-6-3-16(34(39)40)9-21(19)32-25/h1-9H,11-12H2,(H,27,35)(H,28,36)(H,29,31)(H,30,32). The highest BCUT2D eigenvalue weighted by Gasteiger charge is 2.15. The summed E-state index contributed by atoms with van der Waals surface area (Å²) in [4.78, 5) is 60.4. The Hall–Kier alpha value is -5.47. The normalized spacial score (nSPS) is 10.8. The van der Waals surface area contributed by atoms with E-state index in [0.717, 1.165) is 23.5 Å². The van der Waals surface area contributed by atoms with E-state index >= 15 is 0 Å². The maximum atomic E-state index is 12.5. The Morgan fingerprint density at radius 2 is 1.33 bits per heavy atom. The smallest absolute Gasteiger partial charge is 0.271 e. The summed E-state index contributed by atoms with van der Waals surface area (Å²) in [6, 6.07) is 14.9.